The molecule has 1 fully saturated rings. The van der Waals surface area contributed by atoms with Gasteiger partial charge in [-0.25, -0.2) is 0 Å². The van der Waals surface area contributed by atoms with Crippen LogP contribution in [0.1, 0.15) is 18.4 Å². The van der Waals surface area contributed by atoms with Gasteiger partial charge in [0.15, 0.2) is 0 Å². The molecule has 94 valence electrons. The second-order valence-electron chi connectivity index (χ2n) is 4.38. The summed E-state index contributed by atoms with van der Waals surface area (Å²) in [5.41, 5.74) is 1.64. The molecular formula is C13H13BrN2O2. The smallest absolute Gasteiger partial charge is 0.306 e. The normalized spacial score (nSPS) is 16.3. The lowest BCUT2D eigenvalue weighted by Crippen LogP contribution is -2.36. The van der Waals surface area contributed by atoms with E-state index in [0.29, 0.717) is 18.4 Å². The SMILES string of the molecule is N#Cc1ccc(N2CCC(C(=O)O)CC2)c(Br)c1. The molecule has 1 saturated heterocycles. The van der Waals surface area contributed by atoms with E-state index in [1.807, 2.05) is 6.07 Å². The van der Waals surface area contributed by atoms with E-state index < -0.39 is 5.97 Å². The number of piperidine rings is 1. The van der Waals surface area contributed by atoms with Gasteiger partial charge in [0, 0.05) is 17.6 Å². The number of carboxylic acids is 1. The topological polar surface area (TPSA) is 64.3 Å². The van der Waals surface area contributed by atoms with E-state index in [1.165, 1.54) is 0 Å². The highest BCUT2D eigenvalue weighted by molar-refractivity contribution is 9.10. The van der Waals surface area contributed by atoms with E-state index in [9.17, 15) is 4.79 Å². The zero-order chi connectivity index (χ0) is 13.1. The molecule has 0 aromatic heterocycles. The summed E-state index contributed by atoms with van der Waals surface area (Å²) in [5, 5.41) is 17.8. The van der Waals surface area contributed by atoms with Crippen LogP contribution in [0.25, 0.3) is 0 Å². The van der Waals surface area contributed by atoms with Crippen molar-refractivity contribution in [2.24, 2.45) is 5.92 Å². The summed E-state index contributed by atoms with van der Waals surface area (Å²) in [6, 6.07) is 7.57. The maximum Gasteiger partial charge on any atom is 0.306 e. The van der Waals surface area contributed by atoms with Gasteiger partial charge in [-0.15, -0.1) is 0 Å². The van der Waals surface area contributed by atoms with Gasteiger partial charge >= 0.3 is 5.97 Å². The van der Waals surface area contributed by atoms with Crippen LogP contribution >= 0.6 is 15.9 Å². The summed E-state index contributed by atoms with van der Waals surface area (Å²) in [4.78, 5) is 13.0. The van der Waals surface area contributed by atoms with Gasteiger partial charge in [0.25, 0.3) is 0 Å². The molecule has 18 heavy (non-hydrogen) atoms. The second-order valence-corrected chi connectivity index (χ2v) is 5.23. The number of anilines is 1. The first-order chi connectivity index (χ1) is 8.61. The minimum atomic E-state index is -0.700. The first kappa shape index (κ1) is 12.9. The van der Waals surface area contributed by atoms with Crippen LogP contribution in [-0.2, 0) is 4.79 Å². The maximum absolute atomic E-state index is 10.9. The standard InChI is InChI=1S/C13H13BrN2O2/c14-11-7-9(8-15)1-2-12(11)16-5-3-10(4-6-16)13(17)18/h1-2,7,10H,3-6H2,(H,17,18). The van der Waals surface area contributed by atoms with Crippen molar-refractivity contribution in [3.63, 3.8) is 0 Å². The van der Waals surface area contributed by atoms with Crippen LogP contribution in [0.15, 0.2) is 22.7 Å². The van der Waals surface area contributed by atoms with Crippen LogP contribution in [0.4, 0.5) is 5.69 Å². The molecule has 1 aromatic rings. The van der Waals surface area contributed by atoms with Crippen molar-refractivity contribution in [2.45, 2.75) is 12.8 Å². The number of hydrogen-bond donors (Lipinski definition) is 1. The van der Waals surface area contributed by atoms with Gasteiger partial charge in [0.05, 0.1) is 23.2 Å². The molecule has 0 atom stereocenters. The lowest BCUT2D eigenvalue weighted by Gasteiger charge is -2.32. The predicted molar refractivity (Wildman–Crippen MR) is 71.4 cm³/mol. The number of carboxylic acid groups (broad SMARTS) is 1. The van der Waals surface area contributed by atoms with Crippen molar-refractivity contribution in [2.75, 3.05) is 18.0 Å². The van der Waals surface area contributed by atoms with Gasteiger partial charge < -0.3 is 10.0 Å². The van der Waals surface area contributed by atoms with Crippen molar-refractivity contribution in [3.8, 4) is 6.07 Å². The van der Waals surface area contributed by atoms with Crippen molar-refractivity contribution < 1.29 is 9.90 Å². The van der Waals surface area contributed by atoms with Crippen LogP contribution in [0.2, 0.25) is 0 Å². The molecule has 1 aromatic carbocycles. The number of benzene rings is 1. The molecule has 1 heterocycles. The van der Waals surface area contributed by atoms with Gasteiger partial charge in [-0.05, 0) is 47.0 Å². The zero-order valence-corrected chi connectivity index (χ0v) is 11.4. The summed E-state index contributed by atoms with van der Waals surface area (Å²) in [6.45, 7) is 1.48. The molecule has 1 aliphatic heterocycles. The monoisotopic (exact) mass is 308 g/mol. The van der Waals surface area contributed by atoms with E-state index in [4.69, 9.17) is 10.4 Å². The Hall–Kier alpha value is -1.54. The van der Waals surface area contributed by atoms with Gasteiger partial charge in [-0.1, -0.05) is 0 Å². The number of aliphatic carboxylic acids is 1. The molecule has 1 aliphatic rings. The van der Waals surface area contributed by atoms with Crippen LogP contribution < -0.4 is 4.90 Å². The number of nitriles is 1. The third-order valence-corrected chi connectivity index (χ3v) is 3.90. The molecule has 0 amide bonds. The van der Waals surface area contributed by atoms with Crippen LogP contribution in [-0.4, -0.2) is 24.2 Å². The fraction of sp³-hybridized carbons (Fsp3) is 0.385. The second kappa shape index (κ2) is 5.40. The molecule has 5 heteroatoms. The summed E-state index contributed by atoms with van der Waals surface area (Å²) in [6.07, 6.45) is 1.34. The molecule has 0 saturated carbocycles. The minimum Gasteiger partial charge on any atom is -0.481 e. The molecule has 0 radical (unpaired) electrons. The number of hydrogen-bond acceptors (Lipinski definition) is 3. The molecule has 0 spiro atoms. The Morgan fingerprint density at radius 3 is 2.61 bits per heavy atom. The fourth-order valence-corrected chi connectivity index (χ4v) is 2.83. The minimum absolute atomic E-state index is 0.224. The summed E-state index contributed by atoms with van der Waals surface area (Å²) >= 11 is 3.46. The lowest BCUT2D eigenvalue weighted by molar-refractivity contribution is -0.142. The van der Waals surface area contributed by atoms with Gasteiger partial charge in [-0.2, -0.15) is 5.26 Å². The largest absolute Gasteiger partial charge is 0.481 e. The summed E-state index contributed by atoms with van der Waals surface area (Å²) in [5.74, 6) is -0.924. The first-order valence-corrected chi connectivity index (χ1v) is 6.58. The average Bonchev–Trinajstić information content (AvgIpc) is 2.38. The number of nitrogens with zero attached hydrogens (tertiary/aromatic N) is 2. The number of rotatable bonds is 2. The van der Waals surface area contributed by atoms with Gasteiger partial charge in [0.1, 0.15) is 0 Å². The summed E-state index contributed by atoms with van der Waals surface area (Å²) < 4.78 is 0.885. The van der Waals surface area contributed by atoms with E-state index in [2.05, 4.69) is 26.9 Å². The average molecular weight is 309 g/mol. The number of halogens is 1. The highest BCUT2D eigenvalue weighted by atomic mass is 79.9. The Kier molecular flexibility index (Phi) is 3.87. The van der Waals surface area contributed by atoms with Gasteiger partial charge in [-0.3, -0.25) is 4.79 Å². The molecule has 0 aliphatic carbocycles. The van der Waals surface area contributed by atoms with E-state index in [-0.39, 0.29) is 5.92 Å². The van der Waals surface area contributed by atoms with E-state index in [0.717, 1.165) is 23.2 Å². The van der Waals surface area contributed by atoms with Crippen molar-refractivity contribution >= 4 is 27.6 Å². The predicted octanol–water partition coefficient (Wildman–Crippen LogP) is 2.62. The van der Waals surface area contributed by atoms with Crippen molar-refractivity contribution in [1.29, 1.82) is 5.26 Å². The van der Waals surface area contributed by atoms with E-state index >= 15 is 0 Å². The molecule has 0 bridgehead atoms. The van der Waals surface area contributed by atoms with Crippen LogP contribution in [0, 0.1) is 17.2 Å². The van der Waals surface area contributed by atoms with Crippen molar-refractivity contribution in [1.82, 2.24) is 0 Å². The van der Waals surface area contributed by atoms with Crippen LogP contribution in [0.3, 0.4) is 0 Å². The lowest BCUT2D eigenvalue weighted by atomic mass is 9.96. The molecule has 2 rings (SSSR count). The third kappa shape index (κ3) is 2.65. The Morgan fingerprint density at radius 1 is 1.44 bits per heavy atom. The first-order valence-electron chi connectivity index (χ1n) is 5.79. The molecule has 1 N–H and O–H groups in total. The van der Waals surface area contributed by atoms with E-state index in [1.54, 1.807) is 12.1 Å². The molecular weight excluding hydrogens is 296 g/mol. The highest BCUT2D eigenvalue weighted by Crippen LogP contribution is 2.30. The maximum atomic E-state index is 10.9. The molecule has 4 nitrogen and oxygen atoms in total. The quantitative estimate of drug-likeness (QED) is 0.912. The highest BCUT2D eigenvalue weighted by Gasteiger charge is 2.25. The fourth-order valence-electron chi connectivity index (χ4n) is 2.20. The van der Waals surface area contributed by atoms with Crippen LogP contribution in [0.5, 0.6) is 0 Å². The Bertz CT molecular complexity index is 502. The molecule has 0 unspecified atom stereocenters. The number of carbonyl (C=O) groups is 1. The summed E-state index contributed by atoms with van der Waals surface area (Å²) in [7, 11) is 0. The zero-order valence-electron chi connectivity index (χ0n) is 9.77. The van der Waals surface area contributed by atoms with Crippen molar-refractivity contribution in [3.05, 3.63) is 28.2 Å². The Labute approximate surface area is 114 Å². The van der Waals surface area contributed by atoms with Gasteiger partial charge in [0.2, 0.25) is 0 Å². The third-order valence-electron chi connectivity index (χ3n) is 3.26. The Balaban J connectivity index is 2.10. The Morgan fingerprint density at radius 2 is 2.11 bits per heavy atom.